The molecular formula is C59H116O9. The molecule has 0 aromatic carbocycles. The van der Waals surface area contributed by atoms with Crippen LogP contribution in [0.4, 0.5) is 0 Å². The summed E-state index contributed by atoms with van der Waals surface area (Å²) in [6.45, 7) is 4.65. The summed E-state index contributed by atoms with van der Waals surface area (Å²) in [6.07, 6.45) is 53.1. The van der Waals surface area contributed by atoms with E-state index in [1.165, 1.54) is 257 Å². The Kier molecular flexibility index (Phi) is 49.0. The molecule has 0 saturated carbocycles. The molecule has 4 N–H and O–H groups in total. The maximum Gasteiger partial charge on any atom is 0.306 e. The van der Waals surface area contributed by atoms with Gasteiger partial charge in [0.05, 0.1) is 19.8 Å². The van der Waals surface area contributed by atoms with Crippen LogP contribution in [0, 0.1) is 0 Å². The van der Waals surface area contributed by atoms with E-state index in [0.717, 1.165) is 32.1 Å². The maximum atomic E-state index is 12.9. The molecule has 0 spiro atoms. The van der Waals surface area contributed by atoms with Crippen LogP contribution in [0.3, 0.4) is 0 Å². The van der Waals surface area contributed by atoms with E-state index in [-0.39, 0.29) is 19.2 Å². The molecule has 1 heterocycles. The predicted octanol–water partition coefficient (Wildman–Crippen LogP) is 15.7. The predicted molar refractivity (Wildman–Crippen MR) is 284 cm³/mol. The van der Waals surface area contributed by atoms with Gasteiger partial charge in [0.2, 0.25) is 0 Å². The molecule has 1 aliphatic heterocycles. The van der Waals surface area contributed by atoms with E-state index in [2.05, 4.69) is 13.8 Å². The van der Waals surface area contributed by atoms with Gasteiger partial charge in [-0.3, -0.25) is 4.79 Å². The summed E-state index contributed by atoms with van der Waals surface area (Å²) in [6, 6.07) is 0. The minimum atomic E-state index is -1.53. The minimum absolute atomic E-state index is 0.104. The normalized spacial score (nSPS) is 18.9. The lowest BCUT2D eigenvalue weighted by atomic mass is 9.99. The van der Waals surface area contributed by atoms with Crippen molar-refractivity contribution in [3.8, 4) is 0 Å². The summed E-state index contributed by atoms with van der Waals surface area (Å²) in [5, 5.41) is 40.4. The van der Waals surface area contributed by atoms with Crippen LogP contribution in [0.25, 0.3) is 0 Å². The lowest BCUT2D eigenvalue weighted by molar-refractivity contribution is -0.305. The number of rotatable bonds is 54. The van der Waals surface area contributed by atoms with Gasteiger partial charge in [-0.15, -0.1) is 0 Å². The highest BCUT2D eigenvalue weighted by molar-refractivity contribution is 5.69. The van der Waals surface area contributed by atoms with Crippen molar-refractivity contribution in [2.75, 3.05) is 26.4 Å². The smallest absolute Gasteiger partial charge is 0.306 e. The van der Waals surface area contributed by atoms with Crippen molar-refractivity contribution >= 4 is 5.97 Å². The Bertz CT molecular complexity index is 1010. The second-order valence-electron chi connectivity index (χ2n) is 21.2. The molecule has 1 fully saturated rings. The van der Waals surface area contributed by atoms with Crippen molar-refractivity contribution in [2.45, 2.75) is 346 Å². The molecule has 0 aromatic rings. The molecule has 0 radical (unpaired) electrons. The Morgan fingerprint density at radius 2 is 0.721 bits per heavy atom. The van der Waals surface area contributed by atoms with Crippen LogP contribution in [-0.4, -0.2) is 89.6 Å². The van der Waals surface area contributed by atoms with Crippen LogP contribution in [0.1, 0.15) is 309 Å². The number of esters is 1. The molecule has 406 valence electrons. The number of carbonyl (C=O) groups is 1. The number of aliphatic hydroxyl groups excluding tert-OH is 4. The molecule has 1 saturated heterocycles. The molecule has 0 aromatic heterocycles. The molecule has 6 unspecified atom stereocenters. The lowest BCUT2D eigenvalue weighted by Crippen LogP contribution is -2.59. The minimum Gasteiger partial charge on any atom is -0.457 e. The summed E-state index contributed by atoms with van der Waals surface area (Å²) in [5.74, 6) is -0.302. The van der Waals surface area contributed by atoms with E-state index in [0.29, 0.717) is 13.0 Å². The van der Waals surface area contributed by atoms with Crippen LogP contribution >= 0.6 is 0 Å². The fourth-order valence-electron chi connectivity index (χ4n) is 9.85. The second-order valence-corrected chi connectivity index (χ2v) is 21.2. The van der Waals surface area contributed by atoms with E-state index in [4.69, 9.17) is 18.9 Å². The zero-order valence-corrected chi connectivity index (χ0v) is 45.1. The SMILES string of the molecule is CCCCCCCCCCCCCCCCCCCCCCCCCCCOCC(COC1OC(CO)C(O)C(O)C1O)OC(=O)CCCCCCCCCCCCCCCCCCCCCC. The van der Waals surface area contributed by atoms with Crippen LogP contribution < -0.4 is 0 Å². The summed E-state index contributed by atoms with van der Waals surface area (Å²) in [7, 11) is 0. The Balaban J connectivity index is 2.10. The van der Waals surface area contributed by atoms with E-state index in [9.17, 15) is 25.2 Å². The van der Waals surface area contributed by atoms with Crippen LogP contribution in [-0.2, 0) is 23.7 Å². The largest absolute Gasteiger partial charge is 0.457 e. The molecule has 0 aliphatic carbocycles. The lowest BCUT2D eigenvalue weighted by Gasteiger charge is -2.39. The van der Waals surface area contributed by atoms with Crippen molar-refractivity contribution in [1.82, 2.24) is 0 Å². The Labute approximate surface area is 421 Å². The van der Waals surface area contributed by atoms with Crippen molar-refractivity contribution < 1.29 is 44.2 Å². The fraction of sp³-hybridized carbons (Fsp3) is 0.983. The third-order valence-electron chi connectivity index (χ3n) is 14.5. The summed E-state index contributed by atoms with van der Waals surface area (Å²) >= 11 is 0. The molecule has 6 atom stereocenters. The molecule has 1 aliphatic rings. The van der Waals surface area contributed by atoms with Crippen molar-refractivity contribution in [3.63, 3.8) is 0 Å². The molecule has 1 rings (SSSR count). The summed E-state index contributed by atoms with van der Waals surface area (Å²) in [5.41, 5.74) is 0. The van der Waals surface area contributed by atoms with Gasteiger partial charge in [0.25, 0.3) is 0 Å². The summed E-state index contributed by atoms with van der Waals surface area (Å²) in [4.78, 5) is 12.9. The third kappa shape index (κ3) is 40.7. The van der Waals surface area contributed by atoms with E-state index in [1.54, 1.807) is 0 Å². The van der Waals surface area contributed by atoms with Gasteiger partial charge in [-0.2, -0.15) is 0 Å². The first-order chi connectivity index (χ1) is 33.4. The van der Waals surface area contributed by atoms with Gasteiger partial charge >= 0.3 is 5.97 Å². The highest BCUT2D eigenvalue weighted by Crippen LogP contribution is 2.23. The van der Waals surface area contributed by atoms with E-state index >= 15 is 0 Å². The highest BCUT2D eigenvalue weighted by atomic mass is 16.7. The van der Waals surface area contributed by atoms with E-state index in [1.807, 2.05) is 0 Å². The zero-order valence-electron chi connectivity index (χ0n) is 45.1. The number of unbranched alkanes of at least 4 members (excludes halogenated alkanes) is 43. The number of carbonyl (C=O) groups excluding carboxylic acids is 1. The van der Waals surface area contributed by atoms with Crippen LogP contribution in [0.15, 0.2) is 0 Å². The molecule has 9 nitrogen and oxygen atoms in total. The van der Waals surface area contributed by atoms with Crippen molar-refractivity contribution in [2.24, 2.45) is 0 Å². The molecule has 9 heteroatoms. The Hall–Kier alpha value is -0.810. The van der Waals surface area contributed by atoms with Crippen LogP contribution in [0.5, 0.6) is 0 Å². The van der Waals surface area contributed by atoms with Gasteiger partial charge in [0.15, 0.2) is 6.29 Å². The van der Waals surface area contributed by atoms with Gasteiger partial charge in [0, 0.05) is 13.0 Å². The standard InChI is InChI=1S/C59H116O9/c1-3-5-7-9-11-13-15-17-19-21-23-25-26-27-28-29-31-33-35-37-39-41-43-45-47-49-65-51-53(52-66-59-58(64)57(63)56(62)54(50-60)68-59)67-55(61)48-46-44-42-40-38-36-34-32-30-24-22-20-18-16-14-12-10-8-6-4-2/h53-54,56-60,62-64H,3-52H2,1-2H3. The summed E-state index contributed by atoms with van der Waals surface area (Å²) < 4.78 is 23.0. The molecular weight excluding hydrogens is 853 g/mol. The molecule has 0 amide bonds. The van der Waals surface area contributed by atoms with Gasteiger partial charge in [0.1, 0.15) is 30.5 Å². The first kappa shape index (κ1) is 65.2. The first-order valence-electron chi connectivity index (χ1n) is 30.1. The topological polar surface area (TPSA) is 135 Å². The van der Waals surface area contributed by atoms with Crippen molar-refractivity contribution in [3.05, 3.63) is 0 Å². The van der Waals surface area contributed by atoms with Crippen LogP contribution in [0.2, 0.25) is 0 Å². The molecule has 0 bridgehead atoms. The van der Waals surface area contributed by atoms with Gasteiger partial charge in [-0.05, 0) is 12.8 Å². The fourth-order valence-corrected chi connectivity index (χ4v) is 9.85. The third-order valence-corrected chi connectivity index (χ3v) is 14.5. The Morgan fingerprint density at radius 1 is 0.412 bits per heavy atom. The quantitative estimate of drug-likeness (QED) is 0.0347. The van der Waals surface area contributed by atoms with Crippen molar-refractivity contribution in [1.29, 1.82) is 0 Å². The average molecular weight is 970 g/mol. The maximum absolute atomic E-state index is 12.9. The number of ether oxygens (including phenoxy) is 4. The van der Waals surface area contributed by atoms with Gasteiger partial charge < -0.3 is 39.4 Å². The Morgan fingerprint density at radius 3 is 1.04 bits per heavy atom. The van der Waals surface area contributed by atoms with Gasteiger partial charge in [-0.25, -0.2) is 0 Å². The zero-order chi connectivity index (χ0) is 49.2. The molecule has 68 heavy (non-hydrogen) atoms. The van der Waals surface area contributed by atoms with E-state index < -0.39 is 43.4 Å². The van der Waals surface area contributed by atoms with Gasteiger partial charge in [-0.1, -0.05) is 290 Å². The number of hydrogen-bond donors (Lipinski definition) is 4. The highest BCUT2D eigenvalue weighted by Gasteiger charge is 2.44. The first-order valence-corrected chi connectivity index (χ1v) is 30.1. The second kappa shape index (κ2) is 51.1. The number of aliphatic hydroxyl groups is 4. The monoisotopic (exact) mass is 969 g/mol. The average Bonchev–Trinajstić information content (AvgIpc) is 3.34. The number of hydrogen-bond acceptors (Lipinski definition) is 9.